The van der Waals surface area contributed by atoms with Gasteiger partial charge in [-0.2, -0.15) is 0 Å². The number of ketones is 1. The van der Waals surface area contributed by atoms with E-state index in [4.69, 9.17) is 9.47 Å². The van der Waals surface area contributed by atoms with Crippen LogP contribution in [0, 0.1) is 5.92 Å². The molecule has 3 rings (SSSR count). The molecule has 3 aliphatic rings. The number of nitrogens with zero attached hydrogens (tertiary/aromatic N) is 1. The molecule has 179 valence electrons. The van der Waals surface area contributed by atoms with Crippen molar-refractivity contribution >= 4 is 41.2 Å². The zero-order valence-corrected chi connectivity index (χ0v) is 22.5. The number of Topliss-reactive ketones (excluding diaryl/α,β-unsaturated/α-hetero) is 1. The van der Waals surface area contributed by atoms with Gasteiger partial charge in [0.15, 0.2) is 5.78 Å². The average Bonchev–Trinajstić information content (AvgIpc) is 3.33. The molecule has 0 spiro atoms. The maximum absolute atomic E-state index is 12.5. The van der Waals surface area contributed by atoms with Gasteiger partial charge in [0.1, 0.15) is 29.6 Å². The van der Waals surface area contributed by atoms with Crippen molar-refractivity contribution in [3.63, 3.8) is 0 Å². The van der Waals surface area contributed by atoms with Crippen LogP contribution < -0.4 is 0 Å². The molecule has 8 heteroatoms. The van der Waals surface area contributed by atoms with Crippen LogP contribution in [0.2, 0.25) is 0 Å². The van der Waals surface area contributed by atoms with Crippen LogP contribution in [-0.4, -0.2) is 100.0 Å². The van der Waals surface area contributed by atoms with Crippen LogP contribution in [0.1, 0.15) is 27.2 Å². The second kappa shape index (κ2) is 12.8. The Morgan fingerprint density at radius 1 is 1.03 bits per heavy atom. The predicted octanol–water partition coefficient (Wildman–Crippen LogP) is 2.57. The van der Waals surface area contributed by atoms with Gasteiger partial charge in [-0.25, -0.2) is 0 Å². The zero-order valence-electron chi connectivity index (χ0n) is 20.5. The summed E-state index contributed by atoms with van der Waals surface area (Å²) in [5.74, 6) is -1.15. The summed E-state index contributed by atoms with van der Waals surface area (Å²) in [7, 11) is 1.57. The summed E-state index contributed by atoms with van der Waals surface area (Å²) < 4.78 is 11.5. The van der Waals surface area contributed by atoms with Gasteiger partial charge in [0.05, 0.1) is 18.2 Å². The van der Waals surface area contributed by atoms with Crippen LogP contribution in [0.25, 0.3) is 0 Å². The summed E-state index contributed by atoms with van der Waals surface area (Å²) in [6.07, 6.45) is 17.0. The number of ether oxygens (including phenoxy) is 2. The Hall–Kier alpha value is -1.74. The monoisotopic (exact) mass is 478 g/mol. The normalized spacial score (nSPS) is 33.6. The first-order chi connectivity index (χ1) is 15.7. The number of likely N-dealkylation sites (N-methyl/N-ethyl adjacent to an activating group) is 1. The zero-order chi connectivity index (χ0) is 24.1. The first-order valence-corrected chi connectivity index (χ1v) is 11.3. The van der Waals surface area contributed by atoms with Gasteiger partial charge in [0.25, 0.3) is 5.91 Å². The molecule has 0 aromatic carbocycles. The van der Waals surface area contributed by atoms with Gasteiger partial charge in [0.2, 0.25) is 0 Å². The number of fused-ring (bicyclic) bond motifs is 1. The average molecular weight is 479 g/mol. The molecule has 0 aliphatic carbocycles. The van der Waals surface area contributed by atoms with Crippen LogP contribution in [-0.2, 0) is 19.1 Å². The molecule has 6 unspecified atom stereocenters. The molecule has 0 aromatic rings. The first kappa shape index (κ1) is 28.5. The maximum atomic E-state index is 12.5. The van der Waals surface area contributed by atoms with Crippen LogP contribution in [0.4, 0.5) is 0 Å². The van der Waals surface area contributed by atoms with Gasteiger partial charge in [-0.1, -0.05) is 68.5 Å². The van der Waals surface area contributed by atoms with Crippen LogP contribution in [0.5, 0.6) is 0 Å². The molecule has 7 nitrogen and oxygen atoms in total. The smallest absolute Gasteiger partial charge is 0.261 e. The Labute approximate surface area is 223 Å². The fourth-order valence-corrected chi connectivity index (χ4v) is 4.44. The number of likely N-dealkylation sites (tertiary alicyclic amines) is 1. The molecule has 3 heterocycles. The molecular formula is C26H33NNaO6. The Morgan fingerprint density at radius 2 is 1.62 bits per heavy atom. The minimum absolute atomic E-state index is 0. The van der Waals surface area contributed by atoms with E-state index in [1.54, 1.807) is 31.4 Å². The Morgan fingerprint density at radius 3 is 2.18 bits per heavy atom. The number of rotatable bonds is 7. The van der Waals surface area contributed by atoms with Crippen molar-refractivity contribution in [2.24, 2.45) is 5.92 Å². The number of aliphatic hydroxyl groups is 2. The summed E-state index contributed by atoms with van der Waals surface area (Å²) in [5.41, 5.74) is -0.160. The van der Waals surface area contributed by atoms with Crippen molar-refractivity contribution in [3.8, 4) is 0 Å². The number of amides is 1. The van der Waals surface area contributed by atoms with E-state index < -0.39 is 18.1 Å². The molecule has 0 aromatic heterocycles. The largest absolute Gasteiger partial charge is 0.507 e. The number of carbonyl (C=O) groups excluding carboxylic acids is 2. The molecule has 2 N–H and O–H groups in total. The summed E-state index contributed by atoms with van der Waals surface area (Å²) >= 11 is 0. The van der Waals surface area contributed by atoms with Gasteiger partial charge in [-0.3, -0.25) is 9.59 Å². The topological polar surface area (TPSA) is 96.3 Å². The fraction of sp³-hybridized carbons (Fsp3) is 0.462. The van der Waals surface area contributed by atoms with Gasteiger partial charge >= 0.3 is 0 Å². The Bertz CT molecular complexity index is 932. The van der Waals surface area contributed by atoms with Crippen molar-refractivity contribution in [3.05, 3.63) is 72.1 Å². The molecule has 0 saturated carbocycles. The van der Waals surface area contributed by atoms with E-state index >= 15 is 0 Å². The van der Waals surface area contributed by atoms with E-state index in [-0.39, 0.29) is 77.0 Å². The van der Waals surface area contributed by atoms with Crippen LogP contribution >= 0.6 is 0 Å². The van der Waals surface area contributed by atoms with E-state index in [1.165, 1.54) is 11.0 Å². The summed E-state index contributed by atoms with van der Waals surface area (Å²) in [6, 6.07) is -0.539. The van der Waals surface area contributed by atoms with E-state index in [0.717, 1.165) is 6.42 Å². The van der Waals surface area contributed by atoms with Crippen molar-refractivity contribution in [1.29, 1.82) is 0 Å². The number of aliphatic hydroxyl groups excluding tert-OH is 2. The number of hydrogen-bond acceptors (Lipinski definition) is 6. The van der Waals surface area contributed by atoms with Gasteiger partial charge in [-0.15, -0.1) is 0 Å². The van der Waals surface area contributed by atoms with Gasteiger partial charge in [0, 0.05) is 43.0 Å². The molecule has 0 bridgehead atoms. The van der Waals surface area contributed by atoms with Crippen molar-refractivity contribution < 1.29 is 29.3 Å². The van der Waals surface area contributed by atoms with Crippen molar-refractivity contribution in [2.45, 2.75) is 63.8 Å². The summed E-state index contributed by atoms with van der Waals surface area (Å²) in [4.78, 5) is 26.1. The van der Waals surface area contributed by atoms with E-state index in [2.05, 4.69) is 0 Å². The second-order valence-corrected chi connectivity index (χ2v) is 8.90. The van der Waals surface area contributed by atoms with Crippen LogP contribution in [0.3, 0.4) is 0 Å². The standard InChI is InChI=1S/C26H33NO6.Na/c1-16(2)22-24(30)21(26(31)27(22)4)18(28)13-11-9-7-5-6-8-10-12-14-19-23(29)25-20(33-19)15-17(3)32-25;/h5-14,16-17,19-20,22-23,25,28-29H,15H2,1-4H3;/b6-5?,9-7-,10-8?,13-11-,14-12?,21-18-;. The molecule has 3 saturated heterocycles. The Balaban J connectivity index is 0.00000408. The van der Waals surface area contributed by atoms with E-state index in [9.17, 15) is 19.8 Å². The number of allylic oxidation sites excluding steroid dienone is 9. The third kappa shape index (κ3) is 6.47. The van der Waals surface area contributed by atoms with Crippen molar-refractivity contribution in [1.82, 2.24) is 4.90 Å². The maximum Gasteiger partial charge on any atom is 0.261 e. The summed E-state index contributed by atoms with van der Waals surface area (Å²) in [6.45, 7) is 5.72. The first-order valence-electron chi connectivity index (χ1n) is 11.3. The molecule has 6 atom stereocenters. The third-order valence-corrected chi connectivity index (χ3v) is 6.01. The number of carbonyl (C=O) groups is 2. The predicted molar refractivity (Wildman–Crippen MR) is 131 cm³/mol. The molecule has 3 aliphatic heterocycles. The Kier molecular flexibility index (Phi) is 10.7. The third-order valence-electron chi connectivity index (χ3n) is 6.01. The molecular weight excluding hydrogens is 445 g/mol. The minimum Gasteiger partial charge on any atom is -0.507 e. The van der Waals surface area contributed by atoms with Crippen molar-refractivity contribution in [2.75, 3.05) is 7.05 Å². The van der Waals surface area contributed by atoms with Gasteiger partial charge < -0.3 is 24.6 Å². The quantitative estimate of drug-likeness (QED) is 0.192. The number of hydrogen-bond donors (Lipinski definition) is 2. The van der Waals surface area contributed by atoms with Crippen LogP contribution in [0.15, 0.2) is 72.1 Å². The minimum atomic E-state index is -0.646. The molecule has 1 radical (unpaired) electrons. The van der Waals surface area contributed by atoms with Gasteiger partial charge in [-0.05, 0) is 18.9 Å². The second-order valence-electron chi connectivity index (χ2n) is 8.90. The molecule has 3 fully saturated rings. The molecule has 34 heavy (non-hydrogen) atoms. The van der Waals surface area contributed by atoms with E-state index in [1.807, 2.05) is 51.2 Å². The van der Waals surface area contributed by atoms with E-state index in [0.29, 0.717) is 0 Å². The fourth-order valence-electron chi connectivity index (χ4n) is 4.44. The molecule has 1 amide bonds. The SMILES string of the molecule is CC1CC2OC(C=CC=CC=C\C=C/C=C\C(O)=C3/C(=O)C(C(C)C)N(C)C3=O)C(O)C2O1.[Na]. The summed E-state index contributed by atoms with van der Waals surface area (Å²) in [5, 5.41) is 20.5.